The van der Waals surface area contributed by atoms with E-state index in [-0.39, 0.29) is 11.8 Å². The van der Waals surface area contributed by atoms with Gasteiger partial charge in [0.15, 0.2) is 5.82 Å². The molecule has 1 aliphatic rings. The van der Waals surface area contributed by atoms with Crippen LogP contribution in [0.5, 0.6) is 0 Å². The minimum absolute atomic E-state index is 0.193. The Labute approximate surface area is 105 Å². The van der Waals surface area contributed by atoms with Crippen LogP contribution in [0, 0.1) is 12.3 Å². The molecule has 1 aromatic heterocycles. The fourth-order valence-electron chi connectivity index (χ4n) is 1.75. The first kappa shape index (κ1) is 12.6. The Morgan fingerprint density at radius 3 is 2.67 bits per heavy atom. The molecule has 1 heterocycles. The number of hydrogen-bond acceptors (Lipinski definition) is 4. The summed E-state index contributed by atoms with van der Waals surface area (Å²) in [6, 6.07) is 1.62. The molecule has 2 rings (SSSR count). The van der Waals surface area contributed by atoms with Gasteiger partial charge in [-0.05, 0) is 26.2 Å². The molecule has 0 saturated heterocycles. The molecular formula is C12H17N3O3. The van der Waals surface area contributed by atoms with E-state index >= 15 is 0 Å². The maximum atomic E-state index is 12.1. The van der Waals surface area contributed by atoms with Crippen LogP contribution in [0.4, 0.5) is 5.82 Å². The fraction of sp³-hybridized carbons (Fsp3) is 0.583. The zero-order valence-electron chi connectivity index (χ0n) is 10.6. The number of hydrogen-bond donors (Lipinski definition) is 2. The summed E-state index contributed by atoms with van der Waals surface area (Å²) in [5.41, 5.74) is -0.901. The second-order valence-electron chi connectivity index (χ2n) is 4.61. The van der Waals surface area contributed by atoms with Gasteiger partial charge in [-0.1, -0.05) is 12.1 Å². The van der Waals surface area contributed by atoms with Gasteiger partial charge in [0.2, 0.25) is 11.8 Å². The highest BCUT2D eigenvalue weighted by atomic mass is 16.5. The molecule has 0 aromatic carbocycles. The molecule has 18 heavy (non-hydrogen) atoms. The quantitative estimate of drug-likeness (QED) is 0.771. The Bertz CT molecular complexity index is 463. The van der Waals surface area contributed by atoms with Crippen LogP contribution >= 0.6 is 0 Å². The van der Waals surface area contributed by atoms with Crippen molar-refractivity contribution in [2.75, 3.05) is 11.9 Å². The van der Waals surface area contributed by atoms with Crippen molar-refractivity contribution in [3.8, 4) is 0 Å². The van der Waals surface area contributed by atoms with Crippen molar-refractivity contribution in [3.05, 3.63) is 11.8 Å². The summed E-state index contributed by atoms with van der Waals surface area (Å²) in [5.74, 6) is 0.476. The molecule has 0 atom stereocenters. The topological polar surface area (TPSA) is 84.2 Å². The number of rotatable bonds is 5. The number of nitrogens with zero attached hydrogens (tertiary/aromatic N) is 1. The third-order valence-corrected chi connectivity index (χ3v) is 3.02. The smallest absolute Gasteiger partial charge is 0.241 e. The highest BCUT2D eigenvalue weighted by molar-refractivity contribution is 6.12. The number of aromatic nitrogens is 1. The molecule has 0 aliphatic heterocycles. The molecule has 1 aliphatic carbocycles. The van der Waals surface area contributed by atoms with Crippen molar-refractivity contribution < 1.29 is 14.1 Å². The monoisotopic (exact) mass is 251 g/mol. The van der Waals surface area contributed by atoms with E-state index in [0.717, 1.165) is 6.42 Å². The Balaban J connectivity index is 1.98. The minimum Gasteiger partial charge on any atom is -0.360 e. The first-order valence-electron chi connectivity index (χ1n) is 6.11. The fourth-order valence-corrected chi connectivity index (χ4v) is 1.75. The van der Waals surface area contributed by atoms with Crippen molar-refractivity contribution in [1.82, 2.24) is 10.5 Å². The van der Waals surface area contributed by atoms with E-state index in [1.165, 1.54) is 0 Å². The van der Waals surface area contributed by atoms with Crippen LogP contribution in [0.25, 0.3) is 0 Å². The zero-order chi connectivity index (χ0) is 13.2. The van der Waals surface area contributed by atoms with Crippen molar-refractivity contribution in [2.45, 2.75) is 33.1 Å². The average Bonchev–Trinajstić information content (AvgIpc) is 3.06. The Hall–Kier alpha value is -1.85. The maximum absolute atomic E-state index is 12.1. The Morgan fingerprint density at radius 1 is 1.44 bits per heavy atom. The molecule has 0 radical (unpaired) electrons. The molecule has 1 aromatic rings. The number of nitrogens with one attached hydrogen (secondary N) is 2. The maximum Gasteiger partial charge on any atom is 0.241 e. The van der Waals surface area contributed by atoms with E-state index in [4.69, 9.17) is 4.52 Å². The summed E-state index contributed by atoms with van der Waals surface area (Å²) in [4.78, 5) is 24.0. The van der Waals surface area contributed by atoms with Crippen molar-refractivity contribution >= 4 is 17.6 Å². The third-order valence-electron chi connectivity index (χ3n) is 3.02. The second-order valence-corrected chi connectivity index (χ2v) is 4.61. The normalized spacial score (nSPS) is 16.1. The van der Waals surface area contributed by atoms with Gasteiger partial charge in [0.05, 0.1) is 0 Å². The summed E-state index contributed by atoms with van der Waals surface area (Å²) in [5, 5.41) is 9.06. The number of amides is 2. The summed E-state index contributed by atoms with van der Waals surface area (Å²) >= 11 is 0. The standard InChI is InChI=1S/C12H17N3O3/c1-3-6-13-10(16)12(4-5-12)11(17)14-9-7-8(2)18-15-9/h7H,3-6H2,1-2H3,(H,13,16)(H,14,15,17). The average molecular weight is 251 g/mol. The second kappa shape index (κ2) is 4.80. The van der Waals surface area contributed by atoms with Crippen LogP contribution in [-0.2, 0) is 9.59 Å². The van der Waals surface area contributed by atoms with Gasteiger partial charge in [-0.3, -0.25) is 9.59 Å². The summed E-state index contributed by atoms with van der Waals surface area (Å²) in [7, 11) is 0. The number of carbonyl (C=O) groups excluding carboxylic acids is 2. The van der Waals surface area contributed by atoms with Crippen molar-refractivity contribution in [2.24, 2.45) is 5.41 Å². The summed E-state index contributed by atoms with van der Waals surface area (Å²) in [6.07, 6.45) is 2.03. The molecule has 98 valence electrons. The molecule has 2 amide bonds. The molecule has 6 heteroatoms. The van der Waals surface area contributed by atoms with E-state index in [0.29, 0.717) is 31.0 Å². The number of anilines is 1. The van der Waals surface area contributed by atoms with E-state index in [1.807, 2.05) is 6.92 Å². The van der Waals surface area contributed by atoms with E-state index in [1.54, 1.807) is 13.0 Å². The van der Waals surface area contributed by atoms with Gasteiger partial charge in [0, 0.05) is 12.6 Å². The van der Waals surface area contributed by atoms with E-state index < -0.39 is 5.41 Å². The molecule has 2 N–H and O–H groups in total. The van der Waals surface area contributed by atoms with Crippen LogP contribution < -0.4 is 10.6 Å². The van der Waals surface area contributed by atoms with Gasteiger partial charge >= 0.3 is 0 Å². The first-order chi connectivity index (χ1) is 8.58. The van der Waals surface area contributed by atoms with Crippen molar-refractivity contribution in [1.29, 1.82) is 0 Å². The Morgan fingerprint density at radius 2 is 2.17 bits per heavy atom. The summed E-state index contributed by atoms with van der Waals surface area (Å²) < 4.78 is 4.86. The minimum atomic E-state index is -0.901. The van der Waals surface area contributed by atoms with Crippen LogP contribution in [0.3, 0.4) is 0 Å². The van der Waals surface area contributed by atoms with Gasteiger partial charge in [-0.25, -0.2) is 0 Å². The van der Waals surface area contributed by atoms with Crippen LogP contribution in [-0.4, -0.2) is 23.5 Å². The van der Waals surface area contributed by atoms with Crippen molar-refractivity contribution in [3.63, 3.8) is 0 Å². The third kappa shape index (κ3) is 2.37. The van der Waals surface area contributed by atoms with Crippen LogP contribution in [0.2, 0.25) is 0 Å². The van der Waals surface area contributed by atoms with Gasteiger partial charge in [0.1, 0.15) is 11.2 Å². The highest BCUT2D eigenvalue weighted by Gasteiger charge is 2.56. The lowest BCUT2D eigenvalue weighted by atomic mass is 10.1. The molecule has 1 fully saturated rings. The van der Waals surface area contributed by atoms with E-state index in [9.17, 15) is 9.59 Å². The predicted octanol–water partition coefficient (Wildman–Crippen LogP) is 1.23. The lowest BCUT2D eigenvalue weighted by molar-refractivity contribution is -0.134. The molecule has 0 unspecified atom stereocenters. The van der Waals surface area contributed by atoms with Gasteiger partial charge in [-0.15, -0.1) is 0 Å². The molecular weight excluding hydrogens is 234 g/mol. The first-order valence-corrected chi connectivity index (χ1v) is 6.11. The highest BCUT2D eigenvalue weighted by Crippen LogP contribution is 2.46. The number of carbonyl (C=O) groups is 2. The van der Waals surface area contributed by atoms with Gasteiger partial charge < -0.3 is 15.2 Å². The Kier molecular flexibility index (Phi) is 3.36. The molecule has 6 nitrogen and oxygen atoms in total. The zero-order valence-corrected chi connectivity index (χ0v) is 10.6. The largest absolute Gasteiger partial charge is 0.360 e. The molecule has 0 bridgehead atoms. The number of aryl methyl sites for hydroxylation is 1. The predicted molar refractivity (Wildman–Crippen MR) is 64.8 cm³/mol. The van der Waals surface area contributed by atoms with Crippen LogP contribution in [0.15, 0.2) is 10.6 Å². The van der Waals surface area contributed by atoms with Crippen LogP contribution in [0.1, 0.15) is 31.9 Å². The van der Waals surface area contributed by atoms with E-state index in [2.05, 4.69) is 15.8 Å². The van der Waals surface area contributed by atoms with Gasteiger partial charge in [0.25, 0.3) is 0 Å². The summed E-state index contributed by atoms with van der Waals surface area (Å²) in [6.45, 7) is 4.30. The SMILES string of the molecule is CCCNC(=O)C1(C(=O)Nc2cc(C)on2)CC1. The molecule has 0 spiro atoms. The lowest BCUT2D eigenvalue weighted by Crippen LogP contribution is -2.40. The molecule has 1 saturated carbocycles. The lowest BCUT2D eigenvalue weighted by Gasteiger charge is -2.13. The van der Waals surface area contributed by atoms with Gasteiger partial charge in [-0.2, -0.15) is 0 Å².